The minimum Gasteiger partial charge on any atom is -0.497 e. The fourth-order valence-corrected chi connectivity index (χ4v) is 2.53. The molecule has 0 saturated heterocycles. The third-order valence-electron chi connectivity index (χ3n) is 4.13. The first-order valence-corrected chi connectivity index (χ1v) is 8.85. The van der Waals surface area contributed by atoms with E-state index in [2.05, 4.69) is 10.3 Å². The molecule has 0 fully saturated rings. The average Bonchev–Trinajstić information content (AvgIpc) is 2.73. The van der Waals surface area contributed by atoms with Gasteiger partial charge in [-0.15, -0.1) is 0 Å². The number of hydrogen-bond donors (Lipinski definition) is 1. The second kappa shape index (κ2) is 8.90. The van der Waals surface area contributed by atoms with Crippen LogP contribution in [0.15, 0.2) is 66.9 Å². The quantitative estimate of drug-likeness (QED) is 0.675. The highest BCUT2D eigenvalue weighted by atomic mass is 16.5. The van der Waals surface area contributed by atoms with Crippen LogP contribution in [0.5, 0.6) is 11.5 Å². The number of carbonyl (C=O) groups is 1. The molecule has 144 valence electrons. The molecule has 0 bridgehead atoms. The highest BCUT2D eigenvalue weighted by Gasteiger charge is 2.06. The van der Waals surface area contributed by atoms with E-state index in [4.69, 9.17) is 9.47 Å². The molecule has 0 aliphatic heterocycles. The Bertz CT molecular complexity index is 940. The molecule has 1 N–H and O–H groups in total. The van der Waals surface area contributed by atoms with Gasteiger partial charge in [-0.25, -0.2) is 4.98 Å². The number of hydrogen-bond acceptors (Lipinski definition) is 5. The van der Waals surface area contributed by atoms with Crippen molar-refractivity contribution in [3.63, 3.8) is 0 Å². The van der Waals surface area contributed by atoms with Gasteiger partial charge in [0.25, 0.3) is 5.91 Å². The summed E-state index contributed by atoms with van der Waals surface area (Å²) in [7, 11) is 5.05. The Morgan fingerprint density at radius 1 is 1.00 bits per heavy atom. The highest BCUT2D eigenvalue weighted by Crippen LogP contribution is 2.25. The van der Waals surface area contributed by atoms with Crippen LogP contribution in [0.2, 0.25) is 0 Å². The number of nitrogens with one attached hydrogen (secondary N) is 1. The molecule has 6 heteroatoms. The van der Waals surface area contributed by atoms with Crippen molar-refractivity contribution in [2.45, 2.75) is 0 Å². The van der Waals surface area contributed by atoms with Gasteiger partial charge in [0.2, 0.25) is 0 Å². The number of nitrogens with zero attached hydrogens (tertiary/aromatic N) is 2. The number of likely N-dealkylation sites (N-methyl/N-ethyl adjacent to an activating group) is 1. The van der Waals surface area contributed by atoms with Gasteiger partial charge in [0.15, 0.2) is 6.61 Å². The Labute approximate surface area is 164 Å². The zero-order valence-electron chi connectivity index (χ0n) is 16.2. The van der Waals surface area contributed by atoms with Crippen molar-refractivity contribution in [3.05, 3.63) is 66.9 Å². The molecule has 1 amide bonds. The summed E-state index contributed by atoms with van der Waals surface area (Å²) >= 11 is 0. The molecule has 0 saturated carbocycles. The maximum atomic E-state index is 11.6. The van der Waals surface area contributed by atoms with Gasteiger partial charge in [-0.2, -0.15) is 0 Å². The van der Waals surface area contributed by atoms with Crippen LogP contribution < -0.4 is 14.8 Å². The molecule has 2 aromatic carbocycles. The molecule has 3 rings (SSSR count). The Kier molecular flexibility index (Phi) is 6.11. The van der Waals surface area contributed by atoms with Gasteiger partial charge in [-0.3, -0.25) is 4.79 Å². The minimum atomic E-state index is -0.0897. The standard InChI is InChI=1S/C22H23N3O3/c1-25(2)22(26)15-28-20-9-5-7-18(13-20)24-21-11-10-17(14-23-21)16-6-4-8-19(12-16)27-3/h4-14H,15H2,1-3H3,(H,23,24). The first-order chi connectivity index (χ1) is 13.5. The van der Waals surface area contributed by atoms with Crippen molar-refractivity contribution in [1.29, 1.82) is 0 Å². The second-order valence-corrected chi connectivity index (χ2v) is 6.39. The zero-order valence-corrected chi connectivity index (χ0v) is 16.2. The molecule has 1 heterocycles. The summed E-state index contributed by atoms with van der Waals surface area (Å²) in [4.78, 5) is 17.6. The number of ether oxygens (including phenoxy) is 2. The summed E-state index contributed by atoms with van der Waals surface area (Å²) in [5.74, 6) is 2.05. The van der Waals surface area contributed by atoms with Crippen LogP contribution in [0.3, 0.4) is 0 Å². The van der Waals surface area contributed by atoms with E-state index < -0.39 is 0 Å². The van der Waals surface area contributed by atoms with Gasteiger partial charge < -0.3 is 19.7 Å². The van der Waals surface area contributed by atoms with Gasteiger partial charge in [0.05, 0.1) is 7.11 Å². The summed E-state index contributed by atoms with van der Waals surface area (Å²) < 4.78 is 10.8. The Morgan fingerprint density at radius 2 is 1.79 bits per heavy atom. The topological polar surface area (TPSA) is 63.7 Å². The third-order valence-corrected chi connectivity index (χ3v) is 4.13. The largest absolute Gasteiger partial charge is 0.497 e. The van der Waals surface area contributed by atoms with Crippen molar-refractivity contribution in [2.24, 2.45) is 0 Å². The lowest BCUT2D eigenvalue weighted by atomic mass is 10.1. The molecule has 0 spiro atoms. The molecule has 0 aliphatic rings. The van der Waals surface area contributed by atoms with Crippen molar-refractivity contribution in [1.82, 2.24) is 9.88 Å². The van der Waals surface area contributed by atoms with E-state index in [1.807, 2.05) is 66.9 Å². The number of anilines is 2. The van der Waals surface area contributed by atoms with Crippen LogP contribution >= 0.6 is 0 Å². The summed E-state index contributed by atoms with van der Waals surface area (Å²) in [6, 6.07) is 19.2. The van der Waals surface area contributed by atoms with Crippen molar-refractivity contribution in [3.8, 4) is 22.6 Å². The van der Waals surface area contributed by atoms with E-state index in [9.17, 15) is 4.79 Å². The Morgan fingerprint density at radius 3 is 2.50 bits per heavy atom. The van der Waals surface area contributed by atoms with Crippen molar-refractivity contribution in [2.75, 3.05) is 33.1 Å². The molecule has 1 aromatic heterocycles. The van der Waals surface area contributed by atoms with Crippen LogP contribution in [0, 0.1) is 0 Å². The molecule has 28 heavy (non-hydrogen) atoms. The van der Waals surface area contributed by atoms with Gasteiger partial charge in [0.1, 0.15) is 17.3 Å². The zero-order chi connectivity index (χ0) is 19.9. The fourth-order valence-electron chi connectivity index (χ4n) is 2.53. The summed E-state index contributed by atoms with van der Waals surface area (Å²) in [5.41, 5.74) is 2.87. The smallest absolute Gasteiger partial charge is 0.259 e. The lowest BCUT2D eigenvalue weighted by Crippen LogP contribution is -2.27. The van der Waals surface area contributed by atoms with E-state index in [1.165, 1.54) is 4.90 Å². The minimum absolute atomic E-state index is 0.00391. The molecule has 3 aromatic rings. The van der Waals surface area contributed by atoms with Gasteiger partial charge in [-0.1, -0.05) is 18.2 Å². The van der Waals surface area contributed by atoms with E-state index in [0.717, 1.165) is 22.6 Å². The van der Waals surface area contributed by atoms with Gasteiger partial charge >= 0.3 is 0 Å². The molecular formula is C22H23N3O3. The van der Waals surface area contributed by atoms with Crippen molar-refractivity contribution >= 4 is 17.4 Å². The predicted molar refractivity (Wildman–Crippen MR) is 110 cm³/mol. The summed E-state index contributed by atoms with van der Waals surface area (Å²) in [6.07, 6.45) is 1.81. The Hall–Kier alpha value is -3.54. The highest BCUT2D eigenvalue weighted by molar-refractivity contribution is 5.77. The fraction of sp³-hybridized carbons (Fsp3) is 0.182. The number of pyridine rings is 1. The van der Waals surface area contributed by atoms with Crippen molar-refractivity contribution < 1.29 is 14.3 Å². The molecule has 0 aliphatic carbocycles. The predicted octanol–water partition coefficient (Wildman–Crippen LogP) is 3.97. The van der Waals surface area contributed by atoms with E-state index in [0.29, 0.717) is 11.6 Å². The molecule has 0 unspecified atom stereocenters. The third kappa shape index (κ3) is 5.01. The SMILES string of the molecule is COc1cccc(-c2ccc(Nc3cccc(OCC(=O)N(C)C)c3)nc2)c1. The first kappa shape index (κ1) is 19.2. The maximum Gasteiger partial charge on any atom is 0.259 e. The summed E-state index contributed by atoms with van der Waals surface area (Å²) in [6.45, 7) is 0.00391. The monoisotopic (exact) mass is 377 g/mol. The number of aromatic nitrogens is 1. The number of benzene rings is 2. The number of rotatable bonds is 7. The number of methoxy groups -OCH3 is 1. The maximum absolute atomic E-state index is 11.6. The van der Waals surface area contributed by atoms with Gasteiger partial charge in [0, 0.05) is 37.6 Å². The van der Waals surface area contributed by atoms with Crippen LogP contribution in [0.4, 0.5) is 11.5 Å². The second-order valence-electron chi connectivity index (χ2n) is 6.39. The Balaban J connectivity index is 1.67. The molecular weight excluding hydrogens is 354 g/mol. The molecule has 6 nitrogen and oxygen atoms in total. The molecule has 0 atom stereocenters. The van der Waals surface area contributed by atoms with Crippen LogP contribution in [-0.4, -0.2) is 43.6 Å². The van der Waals surface area contributed by atoms with Crippen LogP contribution in [-0.2, 0) is 4.79 Å². The van der Waals surface area contributed by atoms with Crippen LogP contribution in [0.25, 0.3) is 11.1 Å². The summed E-state index contributed by atoms with van der Waals surface area (Å²) in [5, 5.41) is 3.24. The lowest BCUT2D eigenvalue weighted by Gasteiger charge is -2.12. The van der Waals surface area contributed by atoms with E-state index >= 15 is 0 Å². The molecule has 0 radical (unpaired) electrons. The number of carbonyl (C=O) groups excluding carboxylic acids is 1. The van der Waals surface area contributed by atoms with Gasteiger partial charge in [-0.05, 0) is 42.0 Å². The van der Waals surface area contributed by atoms with E-state index in [1.54, 1.807) is 21.2 Å². The number of amides is 1. The van der Waals surface area contributed by atoms with Crippen LogP contribution in [0.1, 0.15) is 0 Å². The first-order valence-electron chi connectivity index (χ1n) is 8.85. The van der Waals surface area contributed by atoms with E-state index in [-0.39, 0.29) is 12.5 Å². The lowest BCUT2D eigenvalue weighted by molar-refractivity contribution is -0.130. The average molecular weight is 377 g/mol. The normalized spacial score (nSPS) is 10.2.